The SMILES string of the molecule is Cc1ccccc1[C@H](C)CNc1oc([C@@H]2C[C@H]2c2ccccc2)nc1C#N. The van der Waals surface area contributed by atoms with Crippen LogP contribution in [0.4, 0.5) is 5.88 Å². The highest BCUT2D eigenvalue weighted by atomic mass is 16.4. The minimum Gasteiger partial charge on any atom is -0.424 e. The van der Waals surface area contributed by atoms with Crippen molar-refractivity contribution in [3.63, 3.8) is 0 Å². The molecule has 0 unspecified atom stereocenters. The Morgan fingerprint density at radius 3 is 2.63 bits per heavy atom. The van der Waals surface area contributed by atoms with Gasteiger partial charge in [0.15, 0.2) is 0 Å². The number of rotatable bonds is 6. The standard InChI is InChI=1S/C23H23N3O/c1-15-8-6-7-11-18(15)16(2)14-25-23-21(13-24)26-22(27-23)20-12-19(20)17-9-4-3-5-10-17/h3-11,16,19-20,25H,12,14H2,1-2H3/t16-,19+,20-/m1/s1. The highest BCUT2D eigenvalue weighted by molar-refractivity contribution is 5.47. The van der Waals surface area contributed by atoms with Gasteiger partial charge in [0.05, 0.1) is 0 Å². The van der Waals surface area contributed by atoms with Gasteiger partial charge in [-0.1, -0.05) is 61.5 Å². The van der Waals surface area contributed by atoms with Crippen LogP contribution < -0.4 is 5.32 Å². The molecule has 0 aliphatic heterocycles. The van der Waals surface area contributed by atoms with Crippen LogP contribution in [0.3, 0.4) is 0 Å². The molecule has 4 heteroatoms. The zero-order chi connectivity index (χ0) is 18.8. The molecule has 1 fully saturated rings. The van der Waals surface area contributed by atoms with E-state index in [4.69, 9.17) is 4.42 Å². The van der Waals surface area contributed by atoms with E-state index in [2.05, 4.69) is 72.7 Å². The van der Waals surface area contributed by atoms with Gasteiger partial charge in [0, 0.05) is 12.5 Å². The number of hydrogen-bond donors (Lipinski definition) is 1. The molecule has 3 aromatic rings. The van der Waals surface area contributed by atoms with E-state index in [1.54, 1.807) is 0 Å². The second kappa shape index (κ2) is 7.28. The summed E-state index contributed by atoms with van der Waals surface area (Å²) in [7, 11) is 0. The Balaban J connectivity index is 1.45. The third kappa shape index (κ3) is 3.59. The monoisotopic (exact) mass is 357 g/mol. The van der Waals surface area contributed by atoms with Crippen LogP contribution in [0, 0.1) is 18.3 Å². The van der Waals surface area contributed by atoms with Gasteiger partial charge in [-0.05, 0) is 41.9 Å². The lowest BCUT2D eigenvalue weighted by atomic mass is 9.96. The minimum atomic E-state index is 0.267. The molecule has 0 spiro atoms. The van der Waals surface area contributed by atoms with Crippen LogP contribution in [0.5, 0.6) is 0 Å². The number of benzene rings is 2. The van der Waals surface area contributed by atoms with E-state index in [-0.39, 0.29) is 5.92 Å². The Labute approximate surface area is 159 Å². The summed E-state index contributed by atoms with van der Waals surface area (Å²) in [6.07, 6.45) is 1.02. The zero-order valence-corrected chi connectivity index (χ0v) is 15.6. The van der Waals surface area contributed by atoms with Gasteiger partial charge in [-0.15, -0.1) is 0 Å². The second-order valence-corrected chi connectivity index (χ2v) is 7.34. The molecular weight excluding hydrogens is 334 g/mol. The molecule has 4 nitrogen and oxygen atoms in total. The van der Waals surface area contributed by atoms with E-state index in [1.807, 2.05) is 12.1 Å². The molecule has 27 heavy (non-hydrogen) atoms. The third-order valence-corrected chi connectivity index (χ3v) is 5.37. The molecule has 0 bridgehead atoms. The lowest BCUT2D eigenvalue weighted by Gasteiger charge is -2.15. The number of nitrogens with zero attached hydrogens (tertiary/aromatic N) is 2. The van der Waals surface area contributed by atoms with E-state index in [0.29, 0.717) is 35.8 Å². The summed E-state index contributed by atoms with van der Waals surface area (Å²) in [6, 6.07) is 21.0. The van der Waals surface area contributed by atoms with Gasteiger partial charge < -0.3 is 9.73 Å². The van der Waals surface area contributed by atoms with Gasteiger partial charge >= 0.3 is 0 Å². The summed E-state index contributed by atoms with van der Waals surface area (Å²) in [5.74, 6) is 2.18. The van der Waals surface area contributed by atoms with E-state index >= 15 is 0 Å². The van der Waals surface area contributed by atoms with Crippen LogP contribution in [0.25, 0.3) is 0 Å². The van der Waals surface area contributed by atoms with Crippen molar-refractivity contribution in [3.05, 3.63) is 82.9 Å². The Kier molecular flexibility index (Phi) is 4.68. The maximum Gasteiger partial charge on any atom is 0.232 e. The molecule has 1 aromatic heterocycles. The van der Waals surface area contributed by atoms with Crippen LogP contribution in [0.2, 0.25) is 0 Å². The number of nitriles is 1. The van der Waals surface area contributed by atoms with Gasteiger partial charge in [0.25, 0.3) is 0 Å². The molecule has 1 aliphatic carbocycles. The smallest absolute Gasteiger partial charge is 0.232 e. The number of aromatic nitrogens is 1. The van der Waals surface area contributed by atoms with Crippen molar-refractivity contribution in [3.8, 4) is 6.07 Å². The molecule has 0 saturated heterocycles. The summed E-state index contributed by atoms with van der Waals surface area (Å²) < 4.78 is 5.95. The first-order valence-corrected chi connectivity index (χ1v) is 9.42. The van der Waals surface area contributed by atoms with Crippen molar-refractivity contribution >= 4 is 5.88 Å². The molecule has 4 rings (SSSR count). The summed E-state index contributed by atoms with van der Waals surface area (Å²) in [5, 5.41) is 12.7. The molecule has 3 atom stereocenters. The zero-order valence-electron chi connectivity index (χ0n) is 15.6. The second-order valence-electron chi connectivity index (χ2n) is 7.34. The van der Waals surface area contributed by atoms with Gasteiger partial charge in [0.1, 0.15) is 6.07 Å². The van der Waals surface area contributed by atoms with E-state index < -0.39 is 0 Å². The average molecular weight is 357 g/mol. The van der Waals surface area contributed by atoms with Crippen molar-refractivity contribution in [1.29, 1.82) is 5.26 Å². The van der Waals surface area contributed by atoms with E-state index in [9.17, 15) is 5.26 Å². The molecule has 0 amide bonds. The van der Waals surface area contributed by atoms with Crippen molar-refractivity contribution in [2.24, 2.45) is 0 Å². The van der Waals surface area contributed by atoms with Crippen LogP contribution in [0.1, 0.15) is 59.4 Å². The maximum absolute atomic E-state index is 9.43. The molecule has 1 heterocycles. The molecule has 2 aromatic carbocycles. The molecule has 1 aliphatic rings. The normalized spacial score (nSPS) is 19.3. The van der Waals surface area contributed by atoms with E-state index in [0.717, 1.165) is 6.42 Å². The predicted molar refractivity (Wildman–Crippen MR) is 106 cm³/mol. The fourth-order valence-corrected chi connectivity index (χ4v) is 3.72. The van der Waals surface area contributed by atoms with Crippen LogP contribution in [0.15, 0.2) is 59.0 Å². The highest BCUT2D eigenvalue weighted by Crippen LogP contribution is 2.54. The van der Waals surface area contributed by atoms with Crippen LogP contribution in [-0.4, -0.2) is 11.5 Å². The van der Waals surface area contributed by atoms with Crippen LogP contribution in [-0.2, 0) is 0 Å². The number of aryl methyl sites for hydroxylation is 1. The molecular formula is C23H23N3O. The van der Waals surface area contributed by atoms with Gasteiger partial charge in [-0.25, -0.2) is 4.98 Å². The van der Waals surface area contributed by atoms with Crippen molar-refractivity contribution < 1.29 is 4.42 Å². The topological polar surface area (TPSA) is 61.9 Å². The average Bonchev–Trinajstić information content (AvgIpc) is 3.40. The fraction of sp³-hybridized carbons (Fsp3) is 0.304. The maximum atomic E-state index is 9.43. The van der Waals surface area contributed by atoms with Crippen molar-refractivity contribution in [1.82, 2.24) is 4.98 Å². The van der Waals surface area contributed by atoms with Crippen molar-refractivity contribution in [2.75, 3.05) is 11.9 Å². The molecule has 1 N–H and O–H groups in total. The van der Waals surface area contributed by atoms with Gasteiger partial charge in [-0.2, -0.15) is 5.26 Å². The summed E-state index contributed by atoms with van der Waals surface area (Å²) in [6.45, 7) is 4.99. The minimum absolute atomic E-state index is 0.267. The molecule has 0 radical (unpaired) electrons. The Morgan fingerprint density at radius 1 is 1.15 bits per heavy atom. The van der Waals surface area contributed by atoms with E-state index in [1.165, 1.54) is 16.7 Å². The Hall–Kier alpha value is -3.06. The third-order valence-electron chi connectivity index (χ3n) is 5.37. The summed E-state index contributed by atoms with van der Waals surface area (Å²) in [4.78, 5) is 4.44. The number of nitrogens with one attached hydrogen (secondary N) is 1. The highest BCUT2D eigenvalue weighted by Gasteiger charge is 2.43. The van der Waals surface area contributed by atoms with Gasteiger partial charge in [-0.3, -0.25) is 0 Å². The lowest BCUT2D eigenvalue weighted by Crippen LogP contribution is -2.11. The Morgan fingerprint density at radius 2 is 1.89 bits per heavy atom. The first-order chi connectivity index (χ1) is 13.2. The largest absolute Gasteiger partial charge is 0.424 e. The first kappa shape index (κ1) is 17.4. The first-order valence-electron chi connectivity index (χ1n) is 9.42. The quantitative estimate of drug-likeness (QED) is 0.647. The van der Waals surface area contributed by atoms with Gasteiger partial charge in [0.2, 0.25) is 17.5 Å². The van der Waals surface area contributed by atoms with Crippen molar-refractivity contribution in [2.45, 2.75) is 38.0 Å². The summed E-state index contributed by atoms with van der Waals surface area (Å²) in [5.41, 5.74) is 4.23. The Bertz CT molecular complexity index is 971. The molecule has 136 valence electrons. The fourth-order valence-electron chi connectivity index (χ4n) is 3.72. The predicted octanol–water partition coefficient (Wildman–Crippen LogP) is 5.34. The molecule has 1 saturated carbocycles. The number of anilines is 1. The number of oxazole rings is 1. The number of hydrogen-bond acceptors (Lipinski definition) is 4. The summed E-state index contributed by atoms with van der Waals surface area (Å²) >= 11 is 0. The van der Waals surface area contributed by atoms with Crippen LogP contribution >= 0.6 is 0 Å². The lowest BCUT2D eigenvalue weighted by molar-refractivity contribution is 0.503.